The van der Waals surface area contributed by atoms with Crippen molar-refractivity contribution in [1.82, 2.24) is 0 Å². The van der Waals surface area contributed by atoms with Gasteiger partial charge in [-0.2, -0.15) is 0 Å². The molecule has 98 valence electrons. The smallest absolute Gasteiger partial charge is 0.323 e. The van der Waals surface area contributed by atoms with E-state index in [1.165, 1.54) is 0 Å². The van der Waals surface area contributed by atoms with E-state index in [2.05, 4.69) is 26.6 Å². The van der Waals surface area contributed by atoms with Crippen molar-refractivity contribution in [3.05, 3.63) is 52.0 Å². The lowest BCUT2D eigenvalue weighted by atomic mass is 10.3. The number of rotatable bonds is 2. The second-order valence-corrected chi connectivity index (χ2v) is 5.12. The molecular weight excluding hydrogens is 330 g/mol. The lowest BCUT2D eigenvalue weighted by Crippen LogP contribution is -2.19. The summed E-state index contributed by atoms with van der Waals surface area (Å²) in [4.78, 5) is 11.8. The number of amides is 2. The molecule has 0 radical (unpaired) electrons. The highest BCUT2D eigenvalue weighted by Crippen LogP contribution is 2.24. The zero-order valence-electron chi connectivity index (χ0n) is 9.78. The van der Waals surface area contributed by atoms with Gasteiger partial charge in [0.15, 0.2) is 0 Å². The van der Waals surface area contributed by atoms with Crippen LogP contribution in [0.5, 0.6) is 0 Å². The van der Waals surface area contributed by atoms with E-state index in [4.69, 9.17) is 17.3 Å². The van der Waals surface area contributed by atoms with Crippen molar-refractivity contribution in [2.24, 2.45) is 0 Å². The molecule has 0 bridgehead atoms. The first-order valence-electron chi connectivity index (χ1n) is 5.43. The third-order valence-corrected chi connectivity index (χ3v) is 3.25. The summed E-state index contributed by atoms with van der Waals surface area (Å²) >= 11 is 9.10. The average molecular weight is 341 g/mol. The predicted molar refractivity (Wildman–Crippen MR) is 82.6 cm³/mol. The molecule has 0 aliphatic heterocycles. The van der Waals surface area contributed by atoms with E-state index in [0.29, 0.717) is 22.1 Å². The van der Waals surface area contributed by atoms with Crippen LogP contribution in [0.15, 0.2) is 46.9 Å². The zero-order chi connectivity index (χ0) is 13.8. The number of halogens is 2. The fourth-order valence-electron chi connectivity index (χ4n) is 1.45. The van der Waals surface area contributed by atoms with Gasteiger partial charge in [-0.3, -0.25) is 0 Å². The number of anilines is 3. The van der Waals surface area contributed by atoms with Crippen molar-refractivity contribution in [1.29, 1.82) is 0 Å². The molecule has 0 atom stereocenters. The van der Waals surface area contributed by atoms with Gasteiger partial charge in [0.2, 0.25) is 0 Å². The highest BCUT2D eigenvalue weighted by Gasteiger charge is 2.05. The molecule has 0 spiro atoms. The lowest BCUT2D eigenvalue weighted by molar-refractivity contribution is 0.262. The predicted octanol–water partition coefficient (Wildman–Crippen LogP) is 4.33. The fourth-order valence-corrected chi connectivity index (χ4v) is 2.07. The van der Waals surface area contributed by atoms with Gasteiger partial charge in [0.25, 0.3) is 0 Å². The Bertz CT molecular complexity index is 601. The van der Waals surface area contributed by atoms with Crippen LogP contribution in [0.3, 0.4) is 0 Å². The third kappa shape index (κ3) is 3.87. The molecule has 19 heavy (non-hydrogen) atoms. The van der Waals surface area contributed by atoms with E-state index in [1.54, 1.807) is 42.5 Å². The number of carbonyl (C=O) groups excluding carboxylic acids is 1. The number of benzene rings is 2. The van der Waals surface area contributed by atoms with Crippen molar-refractivity contribution in [3.8, 4) is 0 Å². The normalized spacial score (nSPS) is 10.0. The van der Waals surface area contributed by atoms with E-state index < -0.39 is 0 Å². The van der Waals surface area contributed by atoms with Gasteiger partial charge in [-0.1, -0.05) is 11.6 Å². The van der Waals surface area contributed by atoms with Crippen LogP contribution in [0.1, 0.15) is 0 Å². The minimum Gasteiger partial charge on any atom is -0.399 e. The minimum absolute atomic E-state index is 0.340. The van der Waals surface area contributed by atoms with Gasteiger partial charge in [0, 0.05) is 20.9 Å². The highest BCUT2D eigenvalue weighted by molar-refractivity contribution is 9.10. The molecule has 2 aromatic carbocycles. The Balaban J connectivity index is 2.03. The van der Waals surface area contributed by atoms with Crippen molar-refractivity contribution in [3.63, 3.8) is 0 Å². The summed E-state index contributed by atoms with van der Waals surface area (Å²) < 4.78 is 0.721. The van der Waals surface area contributed by atoms with Crippen molar-refractivity contribution in [2.45, 2.75) is 0 Å². The number of hydrogen-bond acceptors (Lipinski definition) is 2. The highest BCUT2D eigenvalue weighted by atomic mass is 79.9. The van der Waals surface area contributed by atoms with E-state index in [9.17, 15) is 4.79 Å². The van der Waals surface area contributed by atoms with Gasteiger partial charge in [0.05, 0.1) is 5.69 Å². The van der Waals surface area contributed by atoms with Gasteiger partial charge < -0.3 is 16.4 Å². The molecule has 0 saturated heterocycles. The summed E-state index contributed by atoms with van der Waals surface area (Å²) in [6.07, 6.45) is 0. The maximum absolute atomic E-state index is 11.8. The SMILES string of the molecule is Nc1ccc(NC(=O)Nc2ccc(Cl)cc2)c(Br)c1. The molecule has 4 N–H and O–H groups in total. The standard InChI is InChI=1S/C13H11BrClN3O/c14-11-7-9(16)3-6-12(11)18-13(19)17-10-4-1-8(15)2-5-10/h1-7H,16H2,(H2,17,18,19). The second kappa shape index (κ2) is 5.95. The van der Waals surface area contributed by atoms with Gasteiger partial charge in [0.1, 0.15) is 0 Å². The van der Waals surface area contributed by atoms with Crippen LogP contribution in [0.4, 0.5) is 21.9 Å². The molecule has 6 heteroatoms. The van der Waals surface area contributed by atoms with Gasteiger partial charge in [-0.15, -0.1) is 0 Å². The van der Waals surface area contributed by atoms with Crippen LogP contribution < -0.4 is 16.4 Å². The quantitative estimate of drug-likeness (QED) is 0.712. The number of nitrogens with one attached hydrogen (secondary N) is 2. The van der Waals surface area contributed by atoms with E-state index >= 15 is 0 Å². The molecule has 4 nitrogen and oxygen atoms in total. The van der Waals surface area contributed by atoms with Crippen LogP contribution in [-0.2, 0) is 0 Å². The summed E-state index contributed by atoms with van der Waals surface area (Å²) in [5, 5.41) is 6.03. The van der Waals surface area contributed by atoms with Gasteiger partial charge in [-0.25, -0.2) is 4.79 Å². The van der Waals surface area contributed by atoms with Crippen molar-refractivity contribution in [2.75, 3.05) is 16.4 Å². The molecule has 2 aromatic rings. The monoisotopic (exact) mass is 339 g/mol. The van der Waals surface area contributed by atoms with Crippen LogP contribution in [0.25, 0.3) is 0 Å². The van der Waals surface area contributed by atoms with Crippen LogP contribution in [-0.4, -0.2) is 6.03 Å². The molecule has 0 unspecified atom stereocenters. The van der Waals surface area contributed by atoms with Crippen LogP contribution >= 0.6 is 27.5 Å². The molecule has 0 heterocycles. The summed E-state index contributed by atoms with van der Waals surface area (Å²) in [6.45, 7) is 0. The Morgan fingerprint density at radius 1 is 1.11 bits per heavy atom. The van der Waals surface area contributed by atoms with E-state index in [1.807, 2.05) is 0 Å². The van der Waals surface area contributed by atoms with Gasteiger partial charge in [-0.05, 0) is 58.4 Å². The van der Waals surface area contributed by atoms with Crippen molar-refractivity contribution < 1.29 is 4.79 Å². The van der Waals surface area contributed by atoms with Crippen LogP contribution in [0.2, 0.25) is 5.02 Å². The number of carbonyl (C=O) groups is 1. The Labute approximate surface area is 124 Å². The number of nitrogens with two attached hydrogens (primary N) is 1. The molecule has 2 amide bonds. The van der Waals surface area contributed by atoms with Crippen LogP contribution in [0, 0.1) is 0 Å². The molecule has 0 fully saturated rings. The third-order valence-electron chi connectivity index (χ3n) is 2.34. The molecule has 2 rings (SSSR count). The molecule has 0 aliphatic carbocycles. The topological polar surface area (TPSA) is 67.1 Å². The van der Waals surface area contributed by atoms with E-state index in [0.717, 1.165) is 4.47 Å². The largest absolute Gasteiger partial charge is 0.399 e. The number of hydrogen-bond donors (Lipinski definition) is 3. The molecule has 0 saturated carbocycles. The average Bonchev–Trinajstić information content (AvgIpc) is 2.36. The molecule has 0 aliphatic rings. The molecular formula is C13H11BrClN3O. The second-order valence-electron chi connectivity index (χ2n) is 3.83. The van der Waals surface area contributed by atoms with Crippen molar-refractivity contribution >= 4 is 50.6 Å². The summed E-state index contributed by atoms with van der Waals surface area (Å²) in [5.41, 5.74) is 7.55. The summed E-state index contributed by atoms with van der Waals surface area (Å²) in [7, 11) is 0. The number of nitrogen functional groups attached to an aromatic ring is 1. The Kier molecular flexibility index (Phi) is 4.29. The zero-order valence-corrected chi connectivity index (χ0v) is 12.1. The van der Waals surface area contributed by atoms with E-state index in [-0.39, 0.29) is 6.03 Å². The first-order valence-corrected chi connectivity index (χ1v) is 6.60. The maximum atomic E-state index is 11.8. The lowest BCUT2D eigenvalue weighted by Gasteiger charge is -2.09. The Morgan fingerprint density at radius 3 is 2.42 bits per heavy atom. The van der Waals surface area contributed by atoms with Gasteiger partial charge >= 0.3 is 6.03 Å². The molecule has 0 aromatic heterocycles. The maximum Gasteiger partial charge on any atom is 0.323 e. The summed E-state index contributed by atoms with van der Waals surface area (Å²) in [5.74, 6) is 0. The summed E-state index contributed by atoms with van der Waals surface area (Å²) in [6, 6.07) is 11.7. The number of urea groups is 1. The Morgan fingerprint density at radius 2 is 1.79 bits per heavy atom. The first kappa shape index (κ1) is 13.7. The fraction of sp³-hybridized carbons (Fsp3) is 0. The Hall–Kier alpha value is -1.72. The minimum atomic E-state index is -0.340. The first-order chi connectivity index (χ1) is 9.04.